The number of hydrogen-bond acceptors (Lipinski definition) is 4. The number of aromatic nitrogens is 1. The van der Waals surface area contributed by atoms with Crippen LogP contribution in [0.4, 0.5) is 0 Å². The minimum Gasteiger partial charge on any atom is -0.352 e. The van der Waals surface area contributed by atoms with Crippen molar-refractivity contribution in [2.75, 3.05) is 0 Å². The highest BCUT2D eigenvalue weighted by Crippen LogP contribution is 2.33. The molecule has 2 N–H and O–H groups in total. The van der Waals surface area contributed by atoms with E-state index in [1.807, 2.05) is 18.2 Å². The van der Waals surface area contributed by atoms with Crippen LogP contribution in [0.15, 0.2) is 24.3 Å². The van der Waals surface area contributed by atoms with E-state index in [2.05, 4.69) is 28.6 Å². The van der Waals surface area contributed by atoms with E-state index in [9.17, 15) is 4.79 Å². The van der Waals surface area contributed by atoms with Crippen LogP contribution in [0, 0.1) is 5.92 Å². The lowest BCUT2D eigenvalue weighted by Gasteiger charge is -2.24. The predicted octanol–water partition coefficient (Wildman–Crippen LogP) is 4.11. The summed E-state index contributed by atoms with van der Waals surface area (Å²) in [5.74, 6) is 0.868. The van der Waals surface area contributed by atoms with E-state index in [1.165, 1.54) is 30.4 Å². The average molecular weight is 416 g/mol. The van der Waals surface area contributed by atoms with Crippen molar-refractivity contribution in [1.29, 1.82) is 0 Å². The first-order valence-electron chi connectivity index (χ1n) is 9.10. The summed E-state index contributed by atoms with van der Waals surface area (Å²) in [4.78, 5) is 17.2. The fourth-order valence-corrected chi connectivity index (χ4v) is 5.28. The number of hydrogen-bond donors (Lipinski definition) is 2. The highest BCUT2D eigenvalue weighted by atomic mass is 35.5. The van der Waals surface area contributed by atoms with Crippen LogP contribution in [0.1, 0.15) is 44.0 Å². The predicted molar refractivity (Wildman–Crippen MR) is 113 cm³/mol. The van der Waals surface area contributed by atoms with E-state index >= 15 is 0 Å². The van der Waals surface area contributed by atoms with Gasteiger partial charge < -0.3 is 10.6 Å². The molecule has 0 radical (unpaired) electrons. The fourth-order valence-electron chi connectivity index (χ4n) is 4.18. The summed E-state index contributed by atoms with van der Waals surface area (Å²) < 4.78 is 1.22. The number of benzene rings is 1. The second-order valence-corrected chi connectivity index (χ2v) is 8.41. The van der Waals surface area contributed by atoms with Gasteiger partial charge in [0, 0.05) is 18.5 Å². The molecule has 0 spiro atoms. The number of nitrogens with one attached hydrogen (secondary N) is 2. The lowest BCUT2D eigenvalue weighted by Crippen LogP contribution is -2.46. The van der Waals surface area contributed by atoms with Gasteiger partial charge >= 0.3 is 0 Å². The molecule has 0 bridgehead atoms. The van der Waals surface area contributed by atoms with E-state index in [1.54, 1.807) is 11.3 Å². The zero-order valence-corrected chi connectivity index (χ0v) is 17.4. The van der Waals surface area contributed by atoms with Gasteiger partial charge in [-0.3, -0.25) is 4.79 Å². The smallest absolute Gasteiger partial charge is 0.237 e. The summed E-state index contributed by atoms with van der Waals surface area (Å²) in [6.45, 7) is 2.08. The molecule has 1 aromatic carbocycles. The number of carbonyl (C=O) groups excluding carboxylic acids is 1. The maximum atomic E-state index is 12.6. The number of fused-ring (bicyclic) bond motifs is 2. The molecule has 1 saturated carbocycles. The van der Waals surface area contributed by atoms with Crippen LogP contribution in [-0.4, -0.2) is 29.0 Å². The highest BCUT2D eigenvalue weighted by molar-refractivity contribution is 7.18. The van der Waals surface area contributed by atoms with Crippen LogP contribution in [-0.2, 0) is 11.2 Å². The molecular formula is C19H27Cl2N3OS. The molecule has 2 fully saturated rings. The SMILES string of the molecule is CC(Cc1nc2ccccc2s1)NC(=O)C1CC2CCCCC2N1.Cl.Cl. The Balaban J connectivity index is 0.00000121. The maximum absolute atomic E-state index is 12.6. The van der Waals surface area contributed by atoms with Crippen molar-refractivity contribution in [2.45, 2.75) is 63.6 Å². The van der Waals surface area contributed by atoms with Gasteiger partial charge in [-0.15, -0.1) is 36.2 Å². The highest BCUT2D eigenvalue weighted by Gasteiger charge is 2.38. The summed E-state index contributed by atoms with van der Waals surface area (Å²) in [5, 5.41) is 7.84. The quantitative estimate of drug-likeness (QED) is 0.789. The molecule has 2 heterocycles. The van der Waals surface area contributed by atoms with Gasteiger partial charge in [0.05, 0.1) is 21.3 Å². The lowest BCUT2D eigenvalue weighted by molar-refractivity contribution is -0.123. The van der Waals surface area contributed by atoms with E-state index in [4.69, 9.17) is 0 Å². The maximum Gasteiger partial charge on any atom is 0.237 e. The first-order valence-corrected chi connectivity index (χ1v) is 9.91. The van der Waals surface area contributed by atoms with E-state index in [0.29, 0.717) is 12.0 Å². The van der Waals surface area contributed by atoms with Crippen molar-refractivity contribution in [2.24, 2.45) is 5.92 Å². The molecule has 2 aliphatic rings. The third-order valence-electron chi connectivity index (χ3n) is 5.39. The molecule has 26 heavy (non-hydrogen) atoms. The summed E-state index contributed by atoms with van der Waals surface area (Å²) >= 11 is 1.72. The average Bonchev–Trinajstić information content (AvgIpc) is 3.17. The molecule has 1 aliphatic carbocycles. The van der Waals surface area contributed by atoms with Gasteiger partial charge in [-0.1, -0.05) is 25.0 Å². The van der Waals surface area contributed by atoms with Crippen molar-refractivity contribution in [1.82, 2.24) is 15.6 Å². The fraction of sp³-hybridized carbons (Fsp3) is 0.579. The molecule has 4 rings (SSSR count). The van der Waals surface area contributed by atoms with Crippen molar-refractivity contribution < 1.29 is 4.79 Å². The van der Waals surface area contributed by atoms with Gasteiger partial charge in [0.2, 0.25) is 5.91 Å². The lowest BCUT2D eigenvalue weighted by atomic mass is 9.85. The second kappa shape index (κ2) is 9.36. The Kier molecular flexibility index (Phi) is 7.71. The molecule has 4 nitrogen and oxygen atoms in total. The van der Waals surface area contributed by atoms with Crippen LogP contribution in [0.25, 0.3) is 10.2 Å². The molecule has 144 valence electrons. The van der Waals surface area contributed by atoms with Crippen LogP contribution in [0.3, 0.4) is 0 Å². The summed E-state index contributed by atoms with van der Waals surface area (Å²) in [6.07, 6.45) is 6.94. The first kappa shape index (κ1) is 21.4. The number of para-hydroxylation sites is 1. The van der Waals surface area contributed by atoms with Crippen molar-refractivity contribution in [3.63, 3.8) is 0 Å². The van der Waals surface area contributed by atoms with E-state index < -0.39 is 0 Å². The van der Waals surface area contributed by atoms with Gasteiger partial charge in [-0.05, 0) is 44.2 Å². The zero-order valence-electron chi connectivity index (χ0n) is 14.9. The van der Waals surface area contributed by atoms with Gasteiger partial charge in [0.25, 0.3) is 0 Å². The number of thiazole rings is 1. The minimum absolute atomic E-state index is 0. The minimum atomic E-state index is -0.00378. The molecule has 1 amide bonds. The van der Waals surface area contributed by atoms with Crippen molar-refractivity contribution in [3.05, 3.63) is 29.3 Å². The van der Waals surface area contributed by atoms with Gasteiger partial charge in [0.15, 0.2) is 0 Å². The topological polar surface area (TPSA) is 54.0 Å². The standard InChI is InChI=1S/C19H25N3OS.2ClH/c1-12(10-18-22-15-8-4-5-9-17(15)24-18)20-19(23)16-11-13-6-2-3-7-14(13)21-16;;/h4-5,8-9,12-14,16,21H,2-3,6-7,10-11H2,1H3,(H,20,23);2*1H. The molecule has 7 heteroatoms. The van der Waals surface area contributed by atoms with Gasteiger partial charge in [-0.25, -0.2) is 4.98 Å². The van der Waals surface area contributed by atoms with Gasteiger partial charge in [-0.2, -0.15) is 0 Å². The first-order chi connectivity index (χ1) is 11.7. The molecule has 2 aromatic rings. The molecular weight excluding hydrogens is 389 g/mol. The van der Waals surface area contributed by atoms with Crippen LogP contribution in [0.5, 0.6) is 0 Å². The van der Waals surface area contributed by atoms with E-state index in [-0.39, 0.29) is 42.8 Å². The third-order valence-corrected chi connectivity index (χ3v) is 6.45. The number of halogens is 2. The molecule has 1 saturated heterocycles. The largest absolute Gasteiger partial charge is 0.352 e. The zero-order chi connectivity index (χ0) is 16.5. The van der Waals surface area contributed by atoms with Gasteiger partial charge in [0.1, 0.15) is 0 Å². The number of nitrogens with zero attached hydrogens (tertiary/aromatic N) is 1. The molecule has 1 aromatic heterocycles. The van der Waals surface area contributed by atoms with Crippen molar-refractivity contribution >= 4 is 52.3 Å². The number of amides is 1. The number of rotatable bonds is 4. The van der Waals surface area contributed by atoms with Crippen molar-refractivity contribution in [3.8, 4) is 0 Å². The Morgan fingerprint density at radius 3 is 2.85 bits per heavy atom. The van der Waals surface area contributed by atoms with Crippen LogP contribution in [0.2, 0.25) is 0 Å². The Morgan fingerprint density at radius 1 is 1.31 bits per heavy atom. The Labute approximate surface area is 171 Å². The molecule has 4 unspecified atom stereocenters. The monoisotopic (exact) mass is 415 g/mol. The summed E-state index contributed by atoms with van der Waals surface area (Å²) in [6, 6.07) is 8.88. The van der Waals surface area contributed by atoms with Crippen LogP contribution >= 0.6 is 36.2 Å². The van der Waals surface area contributed by atoms with E-state index in [0.717, 1.165) is 23.4 Å². The number of carbonyl (C=O) groups is 1. The second-order valence-electron chi connectivity index (χ2n) is 7.30. The van der Waals surface area contributed by atoms with Crippen LogP contribution < -0.4 is 10.6 Å². The normalized spacial score (nSPS) is 25.7. The summed E-state index contributed by atoms with van der Waals surface area (Å²) in [7, 11) is 0. The summed E-state index contributed by atoms with van der Waals surface area (Å²) in [5.41, 5.74) is 1.05. The Bertz CT molecular complexity index is 691. The molecule has 4 atom stereocenters. The molecule has 1 aliphatic heterocycles. The Morgan fingerprint density at radius 2 is 2.08 bits per heavy atom. The third kappa shape index (κ3) is 4.69. The Hall–Kier alpha value is -0.880.